The van der Waals surface area contributed by atoms with Crippen molar-refractivity contribution in [1.82, 2.24) is 0 Å². The lowest BCUT2D eigenvalue weighted by Gasteiger charge is -2.14. The third kappa shape index (κ3) is 5.29. The highest BCUT2D eigenvalue weighted by Gasteiger charge is 2.24. The average Bonchev–Trinajstić information content (AvgIpc) is 3.86. The summed E-state index contributed by atoms with van der Waals surface area (Å²) in [4.78, 5) is 26.7. The van der Waals surface area contributed by atoms with Gasteiger partial charge in [-0.1, -0.05) is 50.3 Å². The quantitative estimate of drug-likeness (QED) is 0.380. The van der Waals surface area contributed by atoms with Crippen molar-refractivity contribution in [3.8, 4) is 0 Å². The molecule has 1 aromatic rings. The maximum Gasteiger partial charge on any atom is 0.335 e. The Labute approximate surface area is 264 Å². The molecule has 10 bridgehead atoms. The van der Waals surface area contributed by atoms with Crippen LogP contribution in [0, 0.1) is 0 Å². The number of benzene rings is 1. The van der Waals surface area contributed by atoms with Crippen molar-refractivity contribution in [3.05, 3.63) is 158 Å². The highest BCUT2D eigenvalue weighted by molar-refractivity contribution is 6.16. The molecular weight excluding hydrogens is 554 g/mol. The van der Waals surface area contributed by atoms with Crippen molar-refractivity contribution in [2.75, 3.05) is 0 Å². The zero-order valence-corrected chi connectivity index (χ0v) is 26.1. The first-order chi connectivity index (χ1) is 21.8. The molecule has 6 aliphatic rings. The van der Waals surface area contributed by atoms with Gasteiger partial charge < -0.3 is 5.11 Å². The van der Waals surface area contributed by atoms with Crippen LogP contribution < -0.4 is 0 Å². The number of aromatic carboxylic acids is 1. The number of hydrogen-bond acceptors (Lipinski definition) is 4. The Balaban J connectivity index is 1.38. The van der Waals surface area contributed by atoms with Crippen LogP contribution >= 0.6 is 0 Å². The van der Waals surface area contributed by atoms with Crippen LogP contribution in [0.3, 0.4) is 0 Å². The van der Waals surface area contributed by atoms with E-state index in [1.54, 1.807) is 12.1 Å². The van der Waals surface area contributed by atoms with E-state index in [0.717, 1.165) is 71.0 Å². The maximum absolute atomic E-state index is 11.6. The monoisotopic (exact) mass is 589 g/mol. The van der Waals surface area contributed by atoms with Crippen molar-refractivity contribution in [2.45, 2.75) is 53.4 Å². The van der Waals surface area contributed by atoms with Gasteiger partial charge in [-0.25, -0.2) is 19.8 Å². The number of hydrogen-bond donors (Lipinski definition) is 1. The summed E-state index contributed by atoms with van der Waals surface area (Å²) in [6.07, 6.45) is 24.9. The highest BCUT2D eigenvalue weighted by Crippen LogP contribution is 2.41. The third-order valence-electron chi connectivity index (χ3n) is 9.23. The summed E-state index contributed by atoms with van der Waals surface area (Å²) in [5.74, 6) is -0.921. The minimum absolute atomic E-state index is 0.285. The molecule has 0 unspecified atom stereocenters. The van der Waals surface area contributed by atoms with E-state index < -0.39 is 5.97 Å². The molecule has 0 aromatic heterocycles. The van der Waals surface area contributed by atoms with Crippen LogP contribution in [0.4, 0.5) is 0 Å². The van der Waals surface area contributed by atoms with E-state index in [-0.39, 0.29) is 5.56 Å². The molecule has 0 atom stereocenters. The van der Waals surface area contributed by atoms with Crippen LogP contribution in [0.5, 0.6) is 0 Å². The number of allylic oxidation sites excluding steroid dienone is 19. The van der Waals surface area contributed by atoms with E-state index in [0.29, 0.717) is 0 Å². The Morgan fingerprint density at radius 3 is 2.27 bits per heavy atom. The average molecular weight is 590 g/mol. The second kappa shape index (κ2) is 11.4. The predicted molar refractivity (Wildman–Crippen MR) is 185 cm³/mol. The van der Waals surface area contributed by atoms with Gasteiger partial charge in [0, 0.05) is 0 Å². The molecule has 0 spiro atoms. The summed E-state index contributed by atoms with van der Waals surface area (Å²) < 4.78 is 0. The van der Waals surface area contributed by atoms with Crippen LogP contribution in [0.15, 0.2) is 162 Å². The number of nitrogens with zero attached hydrogens (tertiary/aromatic N) is 3. The smallest absolute Gasteiger partial charge is 0.335 e. The fraction of sp³-hybridized carbons (Fsp3) is 0.200. The van der Waals surface area contributed by atoms with Gasteiger partial charge in [0.25, 0.3) is 0 Å². The number of carboxylic acids is 1. The summed E-state index contributed by atoms with van der Waals surface area (Å²) in [7, 11) is 0. The minimum atomic E-state index is -0.921. The summed E-state index contributed by atoms with van der Waals surface area (Å²) >= 11 is 0. The van der Waals surface area contributed by atoms with E-state index in [2.05, 4.69) is 88.5 Å². The van der Waals surface area contributed by atoms with E-state index >= 15 is 0 Å². The Kier molecular flexibility index (Phi) is 7.25. The maximum atomic E-state index is 11.6. The van der Waals surface area contributed by atoms with Gasteiger partial charge in [-0.2, -0.15) is 0 Å². The van der Waals surface area contributed by atoms with E-state index in [4.69, 9.17) is 15.0 Å². The van der Waals surface area contributed by atoms with Crippen molar-refractivity contribution in [1.29, 1.82) is 0 Å². The molecule has 7 rings (SSSR count). The standard InChI is InChI=1S/C40H35N3O2/c1-5-33-23(3)35-19-25-7-9-29(17-25)39(27-11-13-28(14-12-27)40(44)45)30-10-8-26(18-30)20-36-24(4)34(6-2)38(43-36)22-32-16-15-31(41-32)21-37(33)42-35/h7-16,19-22H,5-6,17-18H2,1-4H3,(H,44,45). The number of rotatable bonds is 4. The van der Waals surface area contributed by atoms with Crippen molar-refractivity contribution in [3.63, 3.8) is 0 Å². The first-order valence-electron chi connectivity index (χ1n) is 15.7. The summed E-state index contributed by atoms with van der Waals surface area (Å²) in [6.45, 7) is 8.68. The fourth-order valence-corrected chi connectivity index (χ4v) is 6.84. The molecule has 5 heteroatoms. The van der Waals surface area contributed by atoms with Gasteiger partial charge in [0.2, 0.25) is 0 Å². The first kappa shape index (κ1) is 28.6. The molecular formula is C40H35N3O2. The molecule has 222 valence electrons. The number of fused-ring (bicyclic) bond motifs is 7. The van der Waals surface area contributed by atoms with E-state index in [9.17, 15) is 9.90 Å². The minimum Gasteiger partial charge on any atom is -0.478 e. The lowest BCUT2D eigenvalue weighted by Crippen LogP contribution is -1.98. The summed E-state index contributed by atoms with van der Waals surface area (Å²) in [5.41, 5.74) is 17.9. The molecule has 0 fully saturated rings. The van der Waals surface area contributed by atoms with Crippen molar-refractivity contribution >= 4 is 28.7 Å². The number of carboxylic acid groups (broad SMARTS) is 1. The van der Waals surface area contributed by atoms with Crippen LogP contribution in [-0.2, 0) is 0 Å². The van der Waals surface area contributed by atoms with Crippen molar-refractivity contribution in [2.24, 2.45) is 15.0 Å². The molecule has 1 aromatic carbocycles. The molecule has 4 aliphatic heterocycles. The Bertz CT molecular complexity index is 2020. The molecule has 5 nitrogen and oxygen atoms in total. The molecule has 0 radical (unpaired) electrons. The summed E-state index contributed by atoms with van der Waals surface area (Å²) in [6, 6.07) is 7.26. The highest BCUT2D eigenvalue weighted by atomic mass is 16.4. The second-order valence-electron chi connectivity index (χ2n) is 12.0. The topological polar surface area (TPSA) is 74.4 Å². The van der Waals surface area contributed by atoms with Gasteiger partial charge in [0.15, 0.2) is 0 Å². The van der Waals surface area contributed by atoms with Crippen LogP contribution in [0.2, 0.25) is 0 Å². The van der Waals surface area contributed by atoms with Gasteiger partial charge in [0.05, 0.1) is 39.8 Å². The number of aliphatic imine (C=N–C) groups is 3. The lowest BCUT2D eigenvalue weighted by atomic mass is 9.89. The zero-order chi connectivity index (χ0) is 31.2. The van der Waals surface area contributed by atoms with Crippen LogP contribution in [0.25, 0.3) is 5.57 Å². The lowest BCUT2D eigenvalue weighted by molar-refractivity contribution is 0.0697. The third-order valence-corrected chi connectivity index (χ3v) is 9.23. The Hall–Kier alpha value is -5.16. The molecule has 1 N–H and O–H groups in total. The van der Waals surface area contributed by atoms with Gasteiger partial charge in [-0.05, 0) is 144 Å². The molecule has 4 heterocycles. The molecule has 0 saturated heterocycles. The normalized spacial score (nSPS) is 20.5. The van der Waals surface area contributed by atoms with Gasteiger partial charge in [0.1, 0.15) is 0 Å². The van der Waals surface area contributed by atoms with Gasteiger partial charge in [-0.3, -0.25) is 0 Å². The van der Waals surface area contributed by atoms with Crippen LogP contribution in [0.1, 0.15) is 69.3 Å². The molecule has 0 saturated carbocycles. The first-order valence-corrected chi connectivity index (χ1v) is 15.7. The van der Waals surface area contributed by atoms with Crippen molar-refractivity contribution < 1.29 is 9.90 Å². The SMILES string of the molecule is CCC1=C(C)C2=NC1=CC1=NC(=CC3=NC(=CC4=CC=C(C4)C(c4ccc(C(=O)O)cc4)=C4C=CC(=C2)C4)C(C)=C3CC)C=C1. The van der Waals surface area contributed by atoms with Gasteiger partial charge in [-0.15, -0.1) is 0 Å². The summed E-state index contributed by atoms with van der Waals surface area (Å²) in [5, 5.41) is 9.52. The van der Waals surface area contributed by atoms with Crippen LogP contribution in [-0.4, -0.2) is 28.2 Å². The molecule has 0 amide bonds. The zero-order valence-electron chi connectivity index (χ0n) is 26.1. The number of carbonyl (C=O) groups is 1. The molecule has 2 aliphatic carbocycles. The second-order valence-corrected chi connectivity index (χ2v) is 12.0. The fourth-order valence-electron chi connectivity index (χ4n) is 6.84. The predicted octanol–water partition coefficient (Wildman–Crippen LogP) is 9.32. The Morgan fingerprint density at radius 1 is 0.733 bits per heavy atom. The molecule has 45 heavy (non-hydrogen) atoms. The van der Waals surface area contributed by atoms with E-state index in [1.807, 2.05) is 12.1 Å². The van der Waals surface area contributed by atoms with Gasteiger partial charge >= 0.3 is 5.97 Å². The van der Waals surface area contributed by atoms with E-state index in [1.165, 1.54) is 44.6 Å². The largest absolute Gasteiger partial charge is 0.478 e. The Morgan fingerprint density at radius 2 is 1.51 bits per heavy atom.